The Balaban J connectivity index is 1.28. The number of imidazole rings is 2. The molecule has 0 unspecified atom stereocenters. The number of aromatic nitrogens is 4. The summed E-state index contributed by atoms with van der Waals surface area (Å²) >= 11 is 0. The maximum atomic E-state index is 13.3. The zero-order valence-electron chi connectivity index (χ0n) is 29.8. The van der Waals surface area contributed by atoms with Gasteiger partial charge in [-0.1, -0.05) is 39.5 Å². The summed E-state index contributed by atoms with van der Waals surface area (Å²) in [7, 11) is 3.80. The molecule has 0 radical (unpaired) electrons. The van der Waals surface area contributed by atoms with Crippen molar-refractivity contribution in [2.24, 2.45) is 49.6 Å². The van der Waals surface area contributed by atoms with Gasteiger partial charge in [-0.2, -0.15) is 0 Å². The average Bonchev–Trinajstić information content (AvgIpc) is 3.93. The van der Waals surface area contributed by atoms with Gasteiger partial charge in [0.2, 0.25) is 0 Å². The lowest BCUT2D eigenvalue weighted by molar-refractivity contribution is -0.159. The number of hydrogen-bond acceptors (Lipinski definition) is 10. The molecule has 0 N–H and O–H groups in total. The normalized spacial score (nSPS) is 17.7. The molecule has 2 aromatic rings. The fourth-order valence-corrected chi connectivity index (χ4v) is 7.28. The van der Waals surface area contributed by atoms with E-state index < -0.39 is 11.8 Å². The molecule has 0 saturated heterocycles. The van der Waals surface area contributed by atoms with E-state index in [1.807, 2.05) is 37.1 Å². The van der Waals surface area contributed by atoms with Crippen LogP contribution in [0.1, 0.15) is 95.9 Å². The smallest absolute Gasteiger partial charge is 0.309 e. The lowest BCUT2D eigenvalue weighted by atomic mass is 9.87. The Morgan fingerprint density at radius 2 is 1.06 bits per heavy atom. The van der Waals surface area contributed by atoms with Crippen LogP contribution in [0.4, 0.5) is 0 Å². The highest BCUT2D eigenvalue weighted by molar-refractivity contribution is 5.75. The van der Waals surface area contributed by atoms with E-state index in [1.54, 1.807) is 25.0 Å². The van der Waals surface area contributed by atoms with E-state index in [9.17, 15) is 19.2 Å². The molecule has 2 aromatic heterocycles. The maximum Gasteiger partial charge on any atom is 0.309 e. The van der Waals surface area contributed by atoms with Crippen LogP contribution in [0.3, 0.4) is 0 Å². The molecule has 272 valence electrons. The summed E-state index contributed by atoms with van der Waals surface area (Å²) < 4.78 is 26.7. The second kappa shape index (κ2) is 19.5. The Bertz CT molecular complexity index is 1240. The predicted octanol–water partition coefficient (Wildman–Crippen LogP) is 5.17. The van der Waals surface area contributed by atoms with Crippen LogP contribution >= 0.6 is 0 Å². The van der Waals surface area contributed by atoms with Crippen LogP contribution in [0.5, 0.6) is 0 Å². The minimum absolute atomic E-state index is 0.0585. The van der Waals surface area contributed by atoms with Crippen LogP contribution in [0.15, 0.2) is 25.0 Å². The van der Waals surface area contributed by atoms with Crippen molar-refractivity contribution < 1.29 is 38.1 Å². The van der Waals surface area contributed by atoms with Gasteiger partial charge in [-0.15, -0.1) is 0 Å². The lowest BCUT2D eigenvalue weighted by Crippen LogP contribution is -2.33. The Morgan fingerprint density at radius 3 is 1.39 bits per heavy atom. The van der Waals surface area contributed by atoms with Crippen LogP contribution in [0.2, 0.25) is 0 Å². The number of carbonyl (C=O) groups excluding carboxylic acids is 4. The second-order valence-electron chi connectivity index (χ2n) is 13.9. The molecular weight excluding hydrogens is 628 g/mol. The van der Waals surface area contributed by atoms with Crippen molar-refractivity contribution in [2.45, 2.75) is 97.3 Å². The number of ether oxygens (including phenoxy) is 4. The van der Waals surface area contributed by atoms with Crippen molar-refractivity contribution >= 4 is 23.9 Å². The third kappa shape index (κ3) is 11.2. The van der Waals surface area contributed by atoms with Gasteiger partial charge in [-0.05, 0) is 51.4 Å². The fourth-order valence-electron chi connectivity index (χ4n) is 7.28. The molecule has 2 aliphatic rings. The van der Waals surface area contributed by atoms with Crippen molar-refractivity contribution in [1.29, 1.82) is 0 Å². The van der Waals surface area contributed by atoms with E-state index in [0.717, 1.165) is 62.8 Å². The lowest BCUT2D eigenvalue weighted by Gasteiger charge is -2.26. The quantitative estimate of drug-likeness (QED) is 0.104. The Morgan fingerprint density at radius 1 is 0.673 bits per heavy atom. The monoisotopic (exact) mass is 684 g/mol. The van der Waals surface area contributed by atoms with E-state index in [4.69, 9.17) is 18.9 Å². The van der Waals surface area contributed by atoms with Gasteiger partial charge in [0.1, 0.15) is 0 Å². The summed E-state index contributed by atoms with van der Waals surface area (Å²) in [5.74, 6) is -2.67. The zero-order chi connectivity index (χ0) is 35.2. The SMILES string of the molecule is CC[C@H](C(=O)OCCCOC(=O)[C@@H](CC)[C@H](COC(=O)C1CCCC1)Cc1cncn1C)[C@H](COC(=O)C1CCCC1)Cc1cncn1C. The second-order valence-corrected chi connectivity index (χ2v) is 13.9. The topological polar surface area (TPSA) is 141 Å². The van der Waals surface area contributed by atoms with E-state index in [1.165, 1.54) is 0 Å². The molecule has 4 atom stereocenters. The van der Waals surface area contributed by atoms with Gasteiger partial charge >= 0.3 is 23.9 Å². The first kappa shape index (κ1) is 38.1. The Labute approximate surface area is 290 Å². The first-order chi connectivity index (χ1) is 23.7. The number of rotatable bonds is 20. The summed E-state index contributed by atoms with van der Waals surface area (Å²) in [4.78, 5) is 60.5. The molecule has 2 heterocycles. The van der Waals surface area contributed by atoms with Crippen molar-refractivity contribution in [3.63, 3.8) is 0 Å². The largest absolute Gasteiger partial charge is 0.465 e. The van der Waals surface area contributed by atoms with E-state index >= 15 is 0 Å². The highest BCUT2D eigenvalue weighted by atomic mass is 16.6. The van der Waals surface area contributed by atoms with Gasteiger partial charge in [-0.3, -0.25) is 19.2 Å². The summed E-state index contributed by atoms with van der Waals surface area (Å²) in [6.07, 6.45) is 17.0. The number of carbonyl (C=O) groups is 4. The number of nitrogens with zero attached hydrogens (tertiary/aromatic N) is 4. The Kier molecular flexibility index (Phi) is 15.1. The van der Waals surface area contributed by atoms with Gasteiger partial charge in [0.05, 0.1) is 62.8 Å². The number of esters is 4. The third-order valence-electron chi connectivity index (χ3n) is 10.4. The number of hydrogen-bond donors (Lipinski definition) is 0. The molecule has 2 aliphatic carbocycles. The fraction of sp³-hybridized carbons (Fsp3) is 0.730. The summed E-state index contributed by atoms with van der Waals surface area (Å²) in [6.45, 7) is 4.33. The minimum Gasteiger partial charge on any atom is -0.465 e. The van der Waals surface area contributed by atoms with Crippen LogP contribution in [0.25, 0.3) is 0 Å². The summed E-state index contributed by atoms with van der Waals surface area (Å²) in [5.41, 5.74) is 1.89. The van der Waals surface area contributed by atoms with Crippen molar-refractivity contribution in [3.05, 3.63) is 36.4 Å². The van der Waals surface area contributed by atoms with E-state index in [0.29, 0.717) is 32.1 Å². The summed E-state index contributed by atoms with van der Waals surface area (Å²) in [5, 5.41) is 0. The van der Waals surface area contributed by atoms with Gasteiger partial charge in [-0.25, -0.2) is 9.97 Å². The van der Waals surface area contributed by atoms with Crippen molar-refractivity contribution in [1.82, 2.24) is 19.1 Å². The van der Waals surface area contributed by atoms with Crippen LogP contribution < -0.4 is 0 Å². The molecule has 49 heavy (non-hydrogen) atoms. The first-order valence-corrected chi connectivity index (χ1v) is 18.3. The molecule has 0 amide bonds. The predicted molar refractivity (Wildman–Crippen MR) is 181 cm³/mol. The van der Waals surface area contributed by atoms with Gasteiger partial charge in [0, 0.05) is 56.1 Å². The number of aryl methyl sites for hydroxylation is 2. The highest BCUT2D eigenvalue weighted by Gasteiger charge is 2.34. The first-order valence-electron chi connectivity index (χ1n) is 18.3. The average molecular weight is 685 g/mol. The van der Waals surface area contributed by atoms with Crippen molar-refractivity contribution in [2.75, 3.05) is 26.4 Å². The standard InChI is InChI=1S/C37H56N4O8/c1-5-32(28(18-30-20-38-24-40(30)3)22-48-34(42)26-12-7-8-13-26)36(44)46-16-11-17-47-37(45)33(6-2)29(19-31-21-39-25-41(31)4)23-49-35(43)27-14-9-10-15-27/h20-21,24-29,32-33H,5-19,22-23H2,1-4H3/t28-,29-,32-,33-/m0/s1. The van der Waals surface area contributed by atoms with Gasteiger partial charge < -0.3 is 28.1 Å². The van der Waals surface area contributed by atoms with Crippen LogP contribution in [-0.2, 0) is 65.1 Å². The van der Waals surface area contributed by atoms with Crippen LogP contribution in [0, 0.1) is 35.5 Å². The Hall–Kier alpha value is -3.70. The molecule has 0 aliphatic heterocycles. The maximum absolute atomic E-state index is 13.3. The van der Waals surface area contributed by atoms with Gasteiger partial charge in [0.25, 0.3) is 0 Å². The molecule has 2 fully saturated rings. The van der Waals surface area contributed by atoms with Crippen molar-refractivity contribution in [3.8, 4) is 0 Å². The molecule has 12 heteroatoms. The highest BCUT2D eigenvalue weighted by Crippen LogP contribution is 2.29. The molecular formula is C37H56N4O8. The molecule has 0 spiro atoms. The molecule has 2 saturated carbocycles. The van der Waals surface area contributed by atoms with Crippen LogP contribution in [-0.4, -0.2) is 69.4 Å². The zero-order valence-corrected chi connectivity index (χ0v) is 29.8. The molecule has 4 rings (SSSR count). The molecule has 0 bridgehead atoms. The van der Waals surface area contributed by atoms with Gasteiger partial charge in [0.15, 0.2) is 0 Å². The van der Waals surface area contributed by atoms with E-state index in [-0.39, 0.29) is 74.0 Å². The minimum atomic E-state index is -0.474. The summed E-state index contributed by atoms with van der Waals surface area (Å²) in [6, 6.07) is 0. The van der Waals surface area contributed by atoms with E-state index in [2.05, 4.69) is 9.97 Å². The third-order valence-corrected chi connectivity index (χ3v) is 10.4. The molecule has 12 nitrogen and oxygen atoms in total. The molecule has 0 aromatic carbocycles.